The van der Waals surface area contributed by atoms with E-state index in [-0.39, 0.29) is 5.41 Å². The number of hydrogen-bond acceptors (Lipinski definition) is 2. The van der Waals surface area contributed by atoms with Gasteiger partial charge in [-0.15, -0.1) is 0 Å². The van der Waals surface area contributed by atoms with E-state index in [0.29, 0.717) is 5.91 Å². The Morgan fingerprint density at radius 1 is 1.31 bits per heavy atom. The first kappa shape index (κ1) is 13.5. The molecule has 1 rings (SSSR count). The number of nitrogens with two attached hydrogens (primary N) is 1. The van der Waals surface area contributed by atoms with E-state index in [1.165, 1.54) is 12.8 Å². The summed E-state index contributed by atoms with van der Waals surface area (Å²) >= 11 is 0. The molecule has 94 valence electrons. The molecule has 0 bridgehead atoms. The summed E-state index contributed by atoms with van der Waals surface area (Å²) in [6.07, 6.45) is 6.23. The van der Waals surface area contributed by atoms with Gasteiger partial charge in [0.25, 0.3) is 0 Å². The van der Waals surface area contributed by atoms with Gasteiger partial charge in [0.1, 0.15) is 0 Å². The van der Waals surface area contributed by atoms with E-state index in [9.17, 15) is 4.79 Å². The number of carbonyl (C=O) groups is 1. The molecule has 1 aliphatic rings. The number of carbonyl (C=O) groups excluding carboxylic acids is 1. The van der Waals surface area contributed by atoms with Gasteiger partial charge in [-0.3, -0.25) is 4.79 Å². The van der Waals surface area contributed by atoms with Gasteiger partial charge in [0.05, 0.1) is 0 Å². The predicted molar refractivity (Wildman–Crippen MR) is 67.1 cm³/mol. The molecule has 1 heterocycles. The number of amides is 1. The zero-order valence-electron chi connectivity index (χ0n) is 10.8. The monoisotopic (exact) mass is 226 g/mol. The first-order valence-corrected chi connectivity index (χ1v) is 6.59. The van der Waals surface area contributed by atoms with E-state index in [2.05, 4.69) is 13.8 Å². The lowest BCUT2D eigenvalue weighted by Crippen LogP contribution is -2.44. The largest absolute Gasteiger partial charge is 0.343 e. The number of unbranched alkanes of at least 4 members (excludes halogenated alkanes) is 2. The van der Waals surface area contributed by atoms with E-state index in [4.69, 9.17) is 5.73 Å². The fourth-order valence-corrected chi connectivity index (χ4v) is 2.18. The third-order valence-electron chi connectivity index (χ3n) is 3.81. The second-order valence-electron chi connectivity index (χ2n) is 5.35. The lowest BCUT2D eigenvalue weighted by molar-refractivity contribution is -0.133. The third-order valence-corrected chi connectivity index (χ3v) is 3.81. The molecule has 16 heavy (non-hydrogen) atoms. The van der Waals surface area contributed by atoms with Crippen molar-refractivity contribution in [2.24, 2.45) is 11.1 Å². The lowest BCUT2D eigenvalue weighted by Gasteiger charge is -2.38. The van der Waals surface area contributed by atoms with E-state index >= 15 is 0 Å². The van der Waals surface area contributed by atoms with Crippen LogP contribution in [0, 0.1) is 5.41 Å². The summed E-state index contributed by atoms with van der Waals surface area (Å²) in [5.41, 5.74) is 6.02. The van der Waals surface area contributed by atoms with Crippen LogP contribution in [0.2, 0.25) is 0 Å². The van der Waals surface area contributed by atoms with Crippen molar-refractivity contribution in [2.45, 2.75) is 52.4 Å². The van der Waals surface area contributed by atoms with Crippen molar-refractivity contribution >= 4 is 5.91 Å². The highest BCUT2D eigenvalue weighted by Gasteiger charge is 2.30. The zero-order valence-corrected chi connectivity index (χ0v) is 10.8. The number of hydrogen-bond donors (Lipinski definition) is 1. The van der Waals surface area contributed by atoms with E-state index in [1.807, 2.05) is 4.90 Å². The molecule has 1 saturated heterocycles. The highest BCUT2D eigenvalue weighted by atomic mass is 16.2. The molecule has 0 aliphatic carbocycles. The Hall–Kier alpha value is -0.570. The smallest absolute Gasteiger partial charge is 0.222 e. The van der Waals surface area contributed by atoms with Crippen molar-refractivity contribution in [1.29, 1.82) is 0 Å². The fourth-order valence-electron chi connectivity index (χ4n) is 2.18. The van der Waals surface area contributed by atoms with Crippen LogP contribution in [-0.2, 0) is 4.79 Å². The Morgan fingerprint density at radius 2 is 1.94 bits per heavy atom. The average Bonchev–Trinajstić information content (AvgIpc) is 2.30. The molecule has 0 unspecified atom stereocenters. The quantitative estimate of drug-likeness (QED) is 0.730. The summed E-state index contributed by atoms with van der Waals surface area (Å²) in [4.78, 5) is 13.9. The Kier molecular flexibility index (Phi) is 5.26. The summed E-state index contributed by atoms with van der Waals surface area (Å²) in [6.45, 7) is 6.94. The molecule has 0 aromatic rings. The standard InChI is InChI=1S/C13H26N2O/c1-3-4-5-6-12(16)15-9-7-13(2,11-14)8-10-15/h3-11,14H2,1-2H3. The molecular formula is C13H26N2O. The van der Waals surface area contributed by atoms with Gasteiger partial charge in [0.15, 0.2) is 0 Å². The topological polar surface area (TPSA) is 46.3 Å². The van der Waals surface area contributed by atoms with Crippen molar-refractivity contribution in [3.8, 4) is 0 Å². The highest BCUT2D eigenvalue weighted by Crippen LogP contribution is 2.29. The maximum absolute atomic E-state index is 11.9. The summed E-state index contributed by atoms with van der Waals surface area (Å²) in [6, 6.07) is 0. The van der Waals surface area contributed by atoms with Crippen LogP contribution in [-0.4, -0.2) is 30.4 Å². The molecule has 0 aromatic heterocycles. The molecular weight excluding hydrogens is 200 g/mol. The van der Waals surface area contributed by atoms with Gasteiger partial charge in [0.2, 0.25) is 5.91 Å². The second-order valence-corrected chi connectivity index (χ2v) is 5.35. The summed E-state index contributed by atoms with van der Waals surface area (Å²) < 4.78 is 0. The molecule has 1 fully saturated rings. The van der Waals surface area contributed by atoms with Crippen LogP contribution >= 0.6 is 0 Å². The summed E-state index contributed by atoms with van der Waals surface area (Å²) in [5, 5.41) is 0. The maximum Gasteiger partial charge on any atom is 0.222 e. The Bertz CT molecular complexity index is 220. The van der Waals surface area contributed by atoms with Crippen LogP contribution in [0.15, 0.2) is 0 Å². The van der Waals surface area contributed by atoms with Crippen molar-refractivity contribution in [2.75, 3.05) is 19.6 Å². The van der Waals surface area contributed by atoms with Crippen LogP contribution in [0.5, 0.6) is 0 Å². The lowest BCUT2D eigenvalue weighted by atomic mass is 9.80. The highest BCUT2D eigenvalue weighted by molar-refractivity contribution is 5.76. The Balaban J connectivity index is 2.27. The van der Waals surface area contributed by atoms with Crippen molar-refractivity contribution in [1.82, 2.24) is 4.90 Å². The zero-order chi connectivity index (χ0) is 12.0. The predicted octanol–water partition coefficient (Wildman–Crippen LogP) is 2.15. The number of nitrogens with zero attached hydrogens (tertiary/aromatic N) is 1. The third kappa shape index (κ3) is 3.78. The van der Waals surface area contributed by atoms with Gasteiger partial charge in [0, 0.05) is 19.5 Å². The molecule has 0 radical (unpaired) electrons. The Morgan fingerprint density at radius 3 is 2.44 bits per heavy atom. The normalized spacial score (nSPS) is 19.8. The maximum atomic E-state index is 11.9. The van der Waals surface area contributed by atoms with E-state index < -0.39 is 0 Å². The van der Waals surface area contributed by atoms with E-state index in [1.54, 1.807) is 0 Å². The SMILES string of the molecule is CCCCCC(=O)N1CCC(C)(CN)CC1. The second kappa shape index (κ2) is 6.24. The minimum Gasteiger partial charge on any atom is -0.343 e. The molecule has 0 saturated carbocycles. The first-order chi connectivity index (χ1) is 7.61. The minimum atomic E-state index is 0.264. The van der Waals surface area contributed by atoms with Gasteiger partial charge in [-0.05, 0) is 31.2 Å². The van der Waals surface area contributed by atoms with Gasteiger partial charge in [-0.1, -0.05) is 26.7 Å². The van der Waals surface area contributed by atoms with Crippen molar-refractivity contribution in [3.05, 3.63) is 0 Å². The molecule has 3 heteroatoms. The molecule has 2 N–H and O–H groups in total. The number of piperidine rings is 1. The number of likely N-dealkylation sites (tertiary alicyclic amines) is 1. The van der Waals surface area contributed by atoms with Gasteiger partial charge in [-0.25, -0.2) is 0 Å². The summed E-state index contributed by atoms with van der Waals surface area (Å²) in [7, 11) is 0. The Labute approximate surface area is 99.4 Å². The fraction of sp³-hybridized carbons (Fsp3) is 0.923. The molecule has 0 spiro atoms. The molecule has 3 nitrogen and oxygen atoms in total. The van der Waals surface area contributed by atoms with Gasteiger partial charge < -0.3 is 10.6 Å². The average molecular weight is 226 g/mol. The number of rotatable bonds is 5. The molecule has 1 aliphatic heterocycles. The molecule has 0 atom stereocenters. The van der Waals surface area contributed by atoms with Gasteiger partial charge in [-0.2, -0.15) is 0 Å². The van der Waals surface area contributed by atoms with Crippen LogP contribution < -0.4 is 5.73 Å². The minimum absolute atomic E-state index is 0.264. The van der Waals surface area contributed by atoms with Crippen LogP contribution in [0.4, 0.5) is 0 Å². The van der Waals surface area contributed by atoms with Gasteiger partial charge >= 0.3 is 0 Å². The van der Waals surface area contributed by atoms with Crippen LogP contribution in [0.3, 0.4) is 0 Å². The molecule has 1 amide bonds. The van der Waals surface area contributed by atoms with Crippen LogP contribution in [0.25, 0.3) is 0 Å². The first-order valence-electron chi connectivity index (χ1n) is 6.59. The van der Waals surface area contributed by atoms with E-state index in [0.717, 1.165) is 45.3 Å². The van der Waals surface area contributed by atoms with Crippen molar-refractivity contribution < 1.29 is 4.79 Å². The van der Waals surface area contributed by atoms with Crippen LogP contribution in [0.1, 0.15) is 52.4 Å². The summed E-state index contributed by atoms with van der Waals surface area (Å²) in [5.74, 6) is 0.340. The van der Waals surface area contributed by atoms with Crippen molar-refractivity contribution in [3.63, 3.8) is 0 Å². The molecule has 0 aromatic carbocycles.